The van der Waals surface area contributed by atoms with Gasteiger partial charge in [-0.25, -0.2) is 0 Å². The summed E-state index contributed by atoms with van der Waals surface area (Å²) in [6.45, 7) is 1.54. The van der Waals surface area contributed by atoms with Crippen LogP contribution in [0.15, 0.2) is 29.2 Å². The molecule has 0 aliphatic carbocycles. The van der Waals surface area contributed by atoms with E-state index in [4.69, 9.17) is 0 Å². The summed E-state index contributed by atoms with van der Waals surface area (Å²) in [6, 6.07) is 3.60. The maximum absolute atomic E-state index is 12.7. The van der Waals surface area contributed by atoms with E-state index in [0.29, 0.717) is 5.56 Å². The van der Waals surface area contributed by atoms with Crippen molar-refractivity contribution in [3.8, 4) is 0 Å². The van der Waals surface area contributed by atoms with Crippen molar-refractivity contribution in [3.05, 3.63) is 45.9 Å². The molecule has 1 aromatic heterocycles. The normalized spacial score (nSPS) is 12.0. The molecule has 0 aliphatic heterocycles. The summed E-state index contributed by atoms with van der Waals surface area (Å²) >= 11 is 0. The fraction of sp³-hybridized carbons (Fsp3) is 0.182. The van der Waals surface area contributed by atoms with Gasteiger partial charge in [0.25, 0.3) is 5.56 Å². The summed E-state index contributed by atoms with van der Waals surface area (Å²) in [5, 5.41) is 0.0357. The monoisotopic (exact) mass is 227 g/mol. The van der Waals surface area contributed by atoms with E-state index in [2.05, 4.69) is 4.98 Å². The highest BCUT2D eigenvalue weighted by molar-refractivity contribution is 5.88. The van der Waals surface area contributed by atoms with Crippen molar-refractivity contribution in [1.82, 2.24) is 4.98 Å². The van der Waals surface area contributed by atoms with Gasteiger partial charge >= 0.3 is 6.18 Å². The van der Waals surface area contributed by atoms with Crippen molar-refractivity contribution in [2.75, 3.05) is 0 Å². The first kappa shape index (κ1) is 10.7. The molecule has 5 heteroatoms. The largest absolute Gasteiger partial charge is 0.417 e. The minimum Gasteiger partial charge on any atom is -0.328 e. The van der Waals surface area contributed by atoms with Crippen LogP contribution >= 0.6 is 0 Å². The van der Waals surface area contributed by atoms with E-state index in [9.17, 15) is 18.0 Å². The predicted octanol–water partition coefficient (Wildman–Crippen LogP) is 2.86. The number of fused-ring (bicyclic) bond motifs is 1. The molecular formula is C11H8F3NO. The minimum absolute atomic E-state index is 0.0289. The zero-order valence-electron chi connectivity index (χ0n) is 8.35. The van der Waals surface area contributed by atoms with Crippen LogP contribution in [0, 0.1) is 6.92 Å². The van der Waals surface area contributed by atoms with Gasteiger partial charge < -0.3 is 4.98 Å². The van der Waals surface area contributed by atoms with Gasteiger partial charge in [-0.2, -0.15) is 13.2 Å². The molecule has 0 unspecified atom stereocenters. The summed E-state index contributed by atoms with van der Waals surface area (Å²) in [4.78, 5) is 13.8. The first-order chi connectivity index (χ1) is 7.41. The highest BCUT2D eigenvalue weighted by atomic mass is 19.4. The van der Waals surface area contributed by atoms with Gasteiger partial charge in [-0.1, -0.05) is 6.07 Å². The number of pyridine rings is 1. The van der Waals surface area contributed by atoms with Gasteiger partial charge in [0.1, 0.15) is 0 Å². The van der Waals surface area contributed by atoms with Gasteiger partial charge in [-0.3, -0.25) is 4.79 Å². The van der Waals surface area contributed by atoms with Gasteiger partial charge in [0.05, 0.1) is 5.56 Å². The summed E-state index contributed by atoms with van der Waals surface area (Å²) < 4.78 is 38.2. The number of H-pyrrole nitrogens is 1. The number of nitrogens with one attached hydrogen (secondary N) is 1. The second-order valence-corrected chi connectivity index (χ2v) is 3.53. The van der Waals surface area contributed by atoms with Gasteiger partial charge in [-0.05, 0) is 24.6 Å². The Morgan fingerprint density at radius 3 is 2.56 bits per heavy atom. The first-order valence-electron chi connectivity index (χ1n) is 4.59. The molecule has 0 bridgehead atoms. The SMILES string of the molecule is Cc1c[nH]c(=O)c2cccc(C(F)(F)F)c12. The molecule has 0 saturated heterocycles. The number of aromatic amines is 1. The highest BCUT2D eigenvalue weighted by Crippen LogP contribution is 2.34. The molecule has 2 aromatic rings. The average Bonchev–Trinajstić information content (AvgIpc) is 2.22. The number of benzene rings is 1. The van der Waals surface area contributed by atoms with Crippen molar-refractivity contribution in [1.29, 1.82) is 0 Å². The second-order valence-electron chi connectivity index (χ2n) is 3.53. The molecule has 0 saturated carbocycles. The molecule has 1 aromatic carbocycles. The fourth-order valence-corrected chi connectivity index (χ4v) is 1.73. The van der Waals surface area contributed by atoms with Crippen molar-refractivity contribution < 1.29 is 13.2 Å². The molecule has 2 nitrogen and oxygen atoms in total. The molecule has 0 atom stereocenters. The van der Waals surface area contributed by atoms with Gasteiger partial charge in [0, 0.05) is 17.0 Å². The average molecular weight is 227 g/mol. The van der Waals surface area contributed by atoms with Crippen LogP contribution in [0.4, 0.5) is 13.2 Å². The van der Waals surface area contributed by atoms with Crippen LogP contribution in [0.25, 0.3) is 10.8 Å². The van der Waals surface area contributed by atoms with Crippen LogP contribution in [-0.2, 0) is 6.18 Å². The molecule has 84 valence electrons. The van der Waals surface area contributed by atoms with Crippen molar-refractivity contribution in [2.24, 2.45) is 0 Å². The molecule has 1 N–H and O–H groups in total. The molecular weight excluding hydrogens is 219 g/mol. The van der Waals surface area contributed by atoms with Gasteiger partial charge in [-0.15, -0.1) is 0 Å². The molecule has 0 radical (unpaired) electrons. The summed E-state index contributed by atoms with van der Waals surface area (Å²) in [5.74, 6) is 0. The third kappa shape index (κ3) is 1.58. The van der Waals surface area contributed by atoms with E-state index >= 15 is 0 Å². The standard InChI is InChI=1S/C11H8F3NO/c1-6-5-15-10(16)7-3-2-4-8(9(6)7)11(12,13)14/h2-5H,1H3,(H,15,16). The van der Waals surface area contributed by atoms with Gasteiger partial charge in [0.15, 0.2) is 0 Å². The third-order valence-electron chi connectivity index (χ3n) is 2.43. The zero-order valence-corrected chi connectivity index (χ0v) is 8.35. The van der Waals surface area contributed by atoms with Crippen molar-refractivity contribution in [2.45, 2.75) is 13.1 Å². The van der Waals surface area contributed by atoms with E-state index in [0.717, 1.165) is 6.07 Å². The maximum atomic E-state index is 12.7. The molecule has 0 spiro atoms. The minimum atomic E-state index is -4.45. The van der Waals surface area contributed by atoms with Crippen LogP contribution in [0.5, 0.6) is 0 Å². The van der Waals surface area contributed by atoms with E-state index in [1.165, 1.54) is 25.3 Å². The number of alkyl halides is 3. The Morgan fingerprint density at radius 1 is 1.25 bits per heavy atom. The Hall–Kier alpha value is -1.78. The van der Waals surface area contributed by atoms with E-state index < -0.39 is 17.3 Å². The van der Waals surface area contributed by atoms with Crippen LogP contribution in [0.2, 0.25) is 0 Å². The molecule has 0 amide bonds. The summed E-state index contributed by atoms with van der Waals surface area (Å²) in [7, 11) is 0. The molecule has 0 fully saturated rings. The Kier molecular flexibility index (Phi) is 2.26. The molecule has 1 heterocycles. The Balaban J connectivity index is 2.98. The summed E-state index contributed by atoms with van der Waals surface area (Å²) in [6.07, 6.45) is -3.15. The Labute approximate surface area is 88.7 Å². The number of aromatic nitrogens is 1. The predicted molar refractivity (Wildman–Crippen MR) is 54.3 cm³/mol. The lowest BCUT2D eigenvalue weighted by Gasteiger charge is -2.11. The molecule has 2 rings (SSSR count). The third-order valence-corrected chi connectivity index (χ3v) is 2.43. The van der Waals surface area contributed by atoms with E-state index in [-0.39, 0.29) is 10.8 Å². The Bertz CT molecular complexity index is 598. The lowest BCUT2D eigenvalue weighted by Crippen LogP contribution is -2.11. The van der Waals surface area contributed by atoms with Crippen LogP contribution in [0.3, 0.4) is 0 Å². The number of halogens is 3. The Morgan fingerprint density at radius 2 is 1.94 bits per heavy atom. The van der Waals surface area contributed by atoms with Crippen molar-refractivity contribution in [3.63, 3.8) is 0 Å². The number of hydrogen-bond acceptors (Lipinski definition) is 1. The molecule has 0 aliphatic rings. The van der Waals surface area contributed by atoms with Crippen LogP contribution in [-0.4, -0.2) is 4.98 Å². The van der Waals surface area contributed by atoms with E-state index in [1.54, 1.807) is 0 Å². The molecule has 16 heavy (non-hydrogen) atoms. The topological polar surface area (TPSA) is 32.9 Å². The smallest absolute Gasteiger partial charge is 0.328 e. The lowest BCUT2D eigenvalue weighted by atomic mass is 10.0. The lowest BCUT2D eigenvalue weighted by molar-refractivity contribution is -0.136. The van der Waals surface area contributed by atoms with E-state index in [1.807, 2.05) is 0 Å². The highest BCUT2D eigenvalue weighted by Gasteiger charge is 2.33. The second kappa shape index (κ2) is 3.37. The maximum Gasteiger partial charge on any atom is 0.417 e. The number of aryl methyl sites for hydroxylation is 1. The summed E-state index contributed by atoms with van der Waals surface area (Å²) in [5.41, 5.74) is -0.872. The first-order valence-corrected chi connectivity index (χ1v) is 4.59. The fourth-order valence-electron chi connectivity index (χ4n) is 1.73. The van der Waals surface area contributed by atoms with Crippen molar-refractivity contribution >= 4 is 10.8 Å². The number of rotatable bonds is 0. The van der Waals surface area contributed by atoms with Gasteiger partial charge in [0.2, 0.25) is 0 Å². The van der Waals surface area contributed by atoms with Crippen LogP contribution < -0.4 is 5.56 Å². The number of hydrogen-bond donors (Lipinski definition) is 1. The quantitative estimate of drug-likeness (QED) is 0.737. The van der Waals surface area contributed by atoms with Crippen LogP contribution in [0.1, 0.15) is 11.1 Å². The zero-order chi connectivity index (χ0) is 11.9.